The minimum Gasteiger partial charge on any atom is -0.384 e. The summed E-state index contributed by atoms with van der Waals surface area (Å²) in [5.74, 6) is 3.45. The minimum atomic E-state index is 0.113. The second-order valence-electron chi connectivity index (χ2n) is 4.27. The van der Waals surface area contributed by atoms with E-state index in [-0.39, 0.29) is 5.84 Å². The zero-order valence-electron chi connectivity index (χ0n) is 10.4. The summed E-state index contributed by atoms with van der Waals surface area (Å²) in [6.07, 6.45) is 1.17. The van der Waals surface area contributed by atoms with Crippen LogP contribution in [0.2, 0.25) is 0 Å². The van der Waals surface area contributed by atoms with Gasteiger partial charge in [-0.3, -0.25) is 10.1 Å². The van der Waals surface area contributed by atoms with Crippen molar-refractivity contribution in [2.75, 3.05) is 29.5 Å². The van der Waals surface area contributed by atoms with Crippen LogP contribution in [0.15, 0.2) is 0 Å². The summed E-state index contributed by atoms with van der Waals surface area (Å²) in [5, 5.41) is 12.1. The number of aryl methyl sites for hydroxylation is 2. The molecule has 0 saturated carbocycles. The van der Waals surface area contributed by atoms with E-state index in [0.717, 1.165) is 35.9 Å². The zero-order chi connectivity index (χ0) is 12.4. The fourth-order valence-corrected chi connectivity index (χ4v) is 3.17. The van der Waals surface area contributed by atoms with Crippen LogP contribution < -0.4 is 10.6 Å². The molecule has 6 heteroatoms. The SMILES string of the molecule is Cc1nn(C)c(N2CCCSCC2)c1C(=N)N. The molecule has 0 amide bonds. The number of hydrogen-bond donors (Lipinski definition) is 2. The second-order valence-corrected chi connectivity index (χ2v) is 5.50. The van der Waals surface area contributed by atoms with Gasteiger partial charge in [0, 0.05) is 25.9 Å². The monoisotopic (exact) mass is 253 g/mol. The lowest BCUT2D eigenvalue weighted by atomic mass is 10.2. The van der Waals surface area contributed by atoms with Gasteiger partial charge >= 0.3 is 0 Å². The summed E-state index contributed by atoms with van der Waals surface area (Å²) in [4.78, 5) is 2.30. The van der Waals surface area contributed by atoms with Crippen LogP contribution in [0.5, 0.6) is 0 Å². The van der Waals surface area contributed by atoms with E-state index < -0.39 is 0 Å². The Morgan fingerprint density at radius 3 is 2.88 bits per heavy atom. The van der Waals surface area contributed by atoms with Gasteiger partial charge in [-0.1, -0.05) is 0 Å². The Labute approximate surface area is 106 Å². The van der Waals surface area contributed by atoms with Gasteiger partial charge in [0.25, 0.3) is 0 Å². The van der Waals surface area contributed by atoms with Gasteiger partial charge in [-0.05, 0) is 19.1 Å². The number of nitrogens with two attached hydrogens (primary N) is 1. The quantitative estimate of drug-likeness (QED) is 0.608. The number of nitrogen functional groups attached to an aromatic ring is 1. The van der Waals surface area contributed by atoms with E-state index in [9.17, 15) is 0 Å². The highest BCUT2D eigenvalue weighted by atomic mass is 32.2. The summed E-state index contributed by atoms with van der Waals surface area (Å²) in [7, 11) is 1.92. The van der Waals surface area contributed by atoms with Crippen LogP contribution >= 0.6 is 11.8 Å². The fraction of sp³-hybridized carbons (Fsp3) is 0.636. The summed E-state index contributed by atoms with van der Waals surface area (Å²) in [6.45, 7) is 3.93. The van der Waals surface area contributed by atoms with E-state index in [2.05, 4.69) is 10.00 Å². The summed E-state index contributed by atoms with van der Waals surface area (Å²) in [5.41, 5.74) is 7.30. The van der Waals surface area contributed by atoms with Crippen molar-refractivity contribution < 1.29 is 0 Å². The molecule has 5 nitrogen and oxygen atoms in total. The maximum Gasteiger partial charge on any atom is 0.137 e. The van der Waals surface area contributed by atoms with Crippen LogP contribution in [0.25, 0.3) is 0 Å². The number of hydrogen-bond acceptors (Lipinski definition) is 4. The Kier molecular flexibility index (Phi) is 3.61. The van der Waals surface area contributed by atoms with Crippen molar-refractivity contribution in [3.05, 3.63) is 11.3 Å². The van der Waals surface area contributed by atoms with Gasteiger partial charge in [-0.2, -0.15) is 16.9 Å². The van der Waals surface area contributed by atoms with Crippen LogP contribution in [-0.2, 0) is 7.05 Å². The molecule has 0 atom stereocenters. The van der Waals surface area contributed by atoms with Crippen molar-refractivity contribution in [3.63, 3.8) is 0 Å². The topological polar surface area (TPSA) is 70.9 Å². The molecule has 1 aliphatic rings. The summed E-state index contributed by atoms with van der Waals surface area (Å²) >= 11 is 1.98. The molecule has 2 rings (SSSR count). The highest BCUT2D eigenvalue weighted by Crippen LogP contribution is 2.25. The van der Waals surface area contributed by atoms with Gasteiger partial charge in [0.2, 0.25) is 0 Å². The summed E-state index contributed by atoms with van der Waals surface area (Å²) < 4.78 is 1.85. The fourth-order valence-electron chi connectivity index (χ4n) is 2.28. The molecule has 1 fully saturated rings. The third-order valence-corrected chi connectivity index (χ3v) is 4.03. The predicted octanol–water partition coefficient (Wildman–Crippen LogP) is 0.956. The molecular weight excluding hydrogens is 234 g/mol. The first-order valence-electron chi connectivity index (χ1n) is 5.82. The smallest absolute Gasteiger partial charge is 0.137 e. The standard InChI is InChI=1S/C11H19N5S/c1-8-9(10(12)13)11(15(2)14-8)16-4-3-6-17-7-5-16/h3-7H2,1-2H3,(H3,12,13). The Morgan fingerprint density at radius 2 is 2.18 bits per heavy atom. The van der Waals surface area contributed by atoms with Gasteiger partial charge < -0.3 is 10.6 Å². The number of nitrogens with one attached hydrogen (secondary N) is 1. The molecule has 0 spiro atoms. The Balaban J connectivity index is 2.38. The molecule has 0 radical (unpaired) electrons. The van der Waals surface area contributed by atoms with E-state index in [0.29, 0.717) is 0 Å². The lowest BCUT2D eigenvalue weighted by Crippen LogP contribution is -2.30. The lowest BCUT2D eigenvalue weighted by Gasteiger charge is -2.23. The van der Waals surface area contributed by atoms with E-state index in [1.54, 1.807) is 0 Å². The predicted molar refractivity (Wildman–Crippen MR) is 73.1 cm³/mol. The van der Waals surface area contributed by atoms with Crippen LogP contribution in [-0.4, -0.2) is 40.2 Å². The van der Waals surface area contributed by atoms with Crippen molar-refractivity contribution in [2.45, 2.75) is 13.3 Å². The van der Waals surface area contributed by atoms with Crippen LogP contribution in [0.4, 0.5) is 5.82 Å². The van der Waals surface area contributed by atoms with E-state index in [4.69, 9.17) is 11.1 Å². The molecular formula is C11H19N5S. The van der Waals surface area contributed by atoms with Crippen molar-refractivity contribution in [2.24, 2.45) is 12.8 Å². The zero-order valence-corrected chi connectivity index (χ0v) is 11.2. The highest BCUT2D eigenvalue weighted by molar-refractivity contribution is 7.99. The molecule has 2 heterocycles. The highest BCUT2D eigenvalue weighted by Gasteiger charge is 2.21. The van der Waals surface area contributed by atoms with Crippen LogP contribution in [0.3, 0.4) is 0 Å². The number of amidine groups is 1. The van der Waals surface area contributed by atoms with Crippen LogP contribution in [0, 0.1) is 12.3 Å². The van der Waals surface area contributed by atoms with E-state index >= 15 is 0 Å². The average Bonchev–Trinajstić information content (AvgIpc) is 2.47. The molecule has 3 N–H and O–H groups in total. The van der Waals surface area contributed by atoms with E-state index in [1.165, 1.54) is 12.2 Å². The van der Waals surface area contributed by atoms with Gasteiger partial charge in [-0.15, -0.1) is 0 Å². The van der Waals surface area contributed by atoms with Gasteiger partial charge in [-0.25, -0.2) is 0 Å². The molecule has 94 valence electrons. The first-order valence-corrected chi connectivity index (χ1v) is 6.97. The minimum absolute atomic E-state index is 0.113. The number of aromatic nitrogens is 2. The van der Waals surface area contributed by atoms with Gasteiger partial charge in [0.05, 0.1) is 11.3 Å². The normalized spacial score (nSPS) is 16.9. The van der Waals surface area contributed by atoms with Crippen LogP contribution in [0.1, 0.15) is 17.7 Å². The van der Waals surface area contributed by atoms with Crippen molar-refractivity contribution >= 4 is 23.4 Å². The average molecular weight is 253 g/mol. The van der Waals surface area contributed by atoms with Crippen molar-refractivity contribution in [3.8, 4) is 0 Å². The molecule has 0 unspecified atom stereocenters. The Hall–Kier alpha value is -1.17. The van der Waals surface area contributed by atoms with Gasteiger partial charge in [0.15, 0.2) is 0 Å². The molecule has 1 saturated heterocycles. The first-order chi connectivity index (χ1) is 8.11. The van der Waals surface area contributed by atoms with Crippen molar-refractivity contribution in [1.29, 1.82) is 5.41 Å². The number of rotatable bonds is 2. The molecule has 0 aliphatic carbocycles. The number of thioether (sulfide) groups is 1. The van der Waals surface area contributed by atoms with Gasteiger partial charge in [0.1, 0.15) is 11.7 Å². The molecule has 0 bridgehead atoms. The number of nitrogens with zero attached hydrogens (tertiary/aromatic N) is 3. The van der Waals surface area contributed by atoms with E-state index in [1.807, 2.05) is 30.4 Å². The molecule has 17 heavy (non-hydrogen) atoms. The third kappa shape index (κ3) is 2.41. The third-order valence-electron chi connectivity index (χ3n) is 2.98. The second kappa shape index (κ2) is 5.00. The maximum absolute atomic E-state index is 7.70. The summed E-state index contributed by atoms with van der Waals surface area (Å²) in [6, 6.07) is 0. The molecule has 1 aromatic heterocycles. The molecule has 1 aromatic rings. The molecule has 1 aliphatic heterocycles. The molecule has 0 aromatic carbocycles. The maximum atomic E-state index is 7.70. The largest absolute Gasteiger partial charge is 0.384 e. The Morgan fingerprint density at radius 1 is 1.41 bits per heavy atom. The van der Waals surface area contributed by atoms with Crippen molar-refractivity contribution in [1.82, 2.24) is 9.78 Å². The lowest BCUT2D eigenvalue weighted by molar-refractivity contribution is 0.705. The number of anilines is 1. The Bertz CT molecular complexity index is 418. The first kappa shape index (κ1) is 12.3.